The van der Waals surface area contributed by atoms with Crippen molar-refractivity contribution < 1.29 is 4.79 Å². The number of thiophene rings is 1. The Morgan fingerprint density at radius 1 is 1.16 bits per heavy atom. The molecule has 0 aliphatic rings. The molecule has 94 valence electrons. The molecule has 0 saturated carbocycles. The number of aromatic nitrogens is 1. The highest BCUT2D eigenvalue weighted by Crippen LogP contribution is 2.16. The minimum atomic E-state index is 0.159. The number of benzene rings is 1. The van der Waals surface area contributed by atoms with E-state index in [0.717, 1.165) is 17.3 Å². The molecule has 3 rings (SSSR count). The number of pyridine rings is 1. The number of ketones is 1. The van der Waals surface area contributed by atoms with Gasteiger partial charge < -0.3 is 0 Å². The van der Waals surface area contributed by atoms with Gasteiger partial charge in [-0.05, 0) is 30.0 Å². The molecular formula is C16H13NOS. The van der Waals surface area contributed by atoms with E-state index in [-0.39, 0.29) is 5.78 Å². The number of aryl methyl sites for hydroxylation is 1. The lowest BCUT2D eigenvalue weighted by Crippen LogP contribution is -2.01. The highest BCUT2D eigenvalue weighted by atomic mass is 32.1. The Hall–Kier alpha value is -2.00. The third-order valence-corrected chi connectivity index (χ3v) is 4.03. The number of fused-ring (bicyclic) bond motifs is 1. The van der Waals surface area contributed by atoms with E-state index in [2.05, 4.69) is 11.1 Å². The van der Waals surface area contributed by atoms with Crippen LogP contribution < -0.4 is 0 Å². The van der Waals surface area contributed by atoms with Gasteiger partial charge in [-0.3, -0.25) is 9.78 Å². The summed E-state index contributed by atoms with van der Waals surface area (Å²) in [7, 11) is 0. The maximum atomic E-state index is 12.1. The van der Waals surface area contributed by atoms with Gasteiger partial charge in [-0.15, -0.1) is 11.3 Å². The molecule has 0 saturated heterocycles. The third kappa shape index (κ3) is 2.71. The summed E-state index contributed by atoms with van der Waals surface area (Å²) in [6.07, 6.45) is 3.03. The number of carbonyl (C=O) groups excluding carboxylic acids is 1. The Labute approximate surface area is 115 Å². The molecule has 19 heavy (non-hydrogen) atoms. The first-order chi connectivity index (χ1) is 9.33. The van der Waals surface area contributed by atoms with Crippen LogP contribution in [-0.2, 0) is 6.42 Å². The predicted molar refractivity (Wildman–Crippen MR) is 78.7 cm³/mol. The SMILES string of the molecule is O=C(CCc1cccs1)c1cnc2ccccc2c1. The largest absolute Gasteiger partial charge is 0.294 e. The first-order valence-electron chi connectivity index (χ1n) is 6.23. The number of carbonyl (C=O) groups is 1. The van der Waals surface area contributed by atoms with E-state index in [4.69, 9.17) is 0 Å². The van der Waals surface area contributed by atoms with Gasteiger partial charge in [-0.25, -0.2) is 0 Å². The monoisotopic (exact) mass is 267 g/mol. The molecule has 0 aliphatic carbocycles. The van der Waals surface area contributed by atoms with Gasteiger partial charge in [0.25, 0.3) is 0 Å². The Bertz CT molecular complexity index is 704. The van der Waals surface area contributed by atoms with E-state index in [1.165, 1.54) is 4.88 Å². The second-order valence-electron chi connectivity index (χ2n) is 4.42. The van der Waals surface area contributed by atoms with Crippen molar-refractivity contribution in [3.63, 3.8) is 0 Å². The minimum Gasteiger partial charge on any atom is -0.294 e. The van der Waals surface area contributed by atoms with Crippen molar-refractivity contribution in [2.24, 2.45) is 0 Å². The Kier molecular flexibility index (Phi) is 3.38. The molecule has 3 heteroatoms. The van der Waals surface area contributed by atoms with Crippen molar-refractivity contribution in [3.05, 3.63) is 64.5 Å². The zero-order valence-electron chi connectivity index (χ0n) is 10.4. The summed E-state index contributed by atoms with van der Waals surface area (Å²) in [5, 5.41) is 3.06. The maximum absolute atomic E-state index is 12.1. The summed E-state index contributed by atoms with van der Waals surface area (Å²) in [6.45, 7) is 0. The molecule has 1 aromatic carbocycles. The van der Waals surface area contributed by atoms with Crippen LogP contribution in [0.3, 0.4) is 0 Å². The van der Waals surface area contributed by atoms with E-state index in [0.29, 0.717) is 12.0 Å². The molecule has 0 atom stereocenters. The molecule has 0 radical (unpaired) electrons. The molecule has 0 unspecified atom stereocenters. The van der Waals surface area contributed by atoms with Gasteiger partial charge in [0.2, 0.25) is 0 Å². The van der Waals surface area contributed by atoms with Gasteiger partial charge in [0, 0.05) is 28.4 Å². The first-order valence-corrected chi connectivity index (χ1v) is 7.11. The van der Waals surface area contributed by atoms with Crippen LogP contribution in [0.5, 0.6) is 0 Å². The third-order valence-electron chi connectivity index (χ3n) is 3.09. The van der Waals surface area contributed by atoms with E-state index in [9.17, 15) is 4.79 Å². The number of hydrogen-bond acceptors (Lipinski definition) is 3. The average Bonchev–Trinajstić information content (AvgIpc) is 2.97. The lowest BCUT2D eigenvalue weighted by Gasteiger charge is -2.02. The second-order valence-corrected chi connectivity index (χ2v) is 5.45. The van der Waals surface area contributed by atoms with E-state index < -0.39 is 0 Å². The van der Waals surface area contributed by atoms with Crippen molar-refractivity contribution in [2.45, 2.75) is 12.8 Å². The van der Waals surface area contributed by atoms with Crippen LogP contribution in [0, 0.1) is 0 Å². The predicted octanol–water partition coefficient (Wildman–Crippen LogP) is 4.11. The van der Waals surface area contributed by atoms with Gasteiger partial charge in [0.15, 0.2) is 5.78 Å². The van der Waals surface area contributed by atoms with Gasteiger partial charge in [0.1, 0.15) is 0 Å². The summed E-state index contributed by atoms with van der Waals surface area (Å²) < 4.78 is 0. The standard InChI is InChI=1S/C16H13NOS/c18-16(8-7-14-5-3-9-19-14)13-10-12-4-1-2-6-15(12)17-11-13/h1-6,9-11H,7-8H2. The Balaban J connectivity index is 1.77. The summed E-state index contributed by atoms with van der Waals surface area (Å²) >= 11 is 1.69. The molecule has 2 nitrogen and oxygen atoms in total. The van der Waals surface area contributed by atoms with E-state index in [1.54, 1.807) is 17.5 Å². The second kappa shape index (κ2) is 5.33. The van der Waals surface area contributed by atoms with Gasteiger partial charge >= 0.3 is 0 Å². The van der Waals surface area contributed by atoms with Gasteiger partial charge in [0.05, 0.1) is 5.52 Å². The van der Waals surface area contributed by atoms with E-state index >= 15 is 0 Å². The fourth-order valence-corrected chi connectivity index (χ4v) is 2.77. The molecule has 2 heterocycles. The summed E-state index contributed by atoms with van der Waals surface area (Å²) in [5.74, 6) is 0.159. The Morgan fingerprint density at radius 2 is 2.05 bits per heavy atom. The van der Waals surface area contributed by atoms with Crippen LogP contribution in [0.4, 0.5) is 0 Å². The number of nitrogens with zero attached hydrogens (tertiary/aromatic N) is 1. The van der Waals surface area contributed by atoms with Crippen molar-refractivity contribution >= 4 is 28.0 Å². The topological polar surface area (TPSA) is 30.0 Å². The molecule has 0 spiro atoms. The minimum absolute atomic E-state index is 0.159. The van der Waals surface area contributed by atoms with Crippen molar-refractivity contribution in [1.29, 1.82) is 0 Å². The van der Waals surface area contributed by atoms with Gasteiger partial charge in [-0.1, -0.05) is 24.3 Å². The molecule has 0 amide bonds. The lowest BCUT2D eigenvalue weighted by atomic mass is 10.1. The normalized spacial score (nSPS) is 10.7. The molecular weight excluding hydrogens is 254 g/mol. The molecule has 0 fully saturated rings. The molecule has 0 N–H and O–H groups in total. The summed E-state index contributed by atoms with van der Waals surface area (Å²) in [4.78, 5) is 17.7. The van der Waals surface area contributed by atoms with Crippen LogP contribution in [0.15, 0.2) is 54.0 Å². The average molecular weight is 267 g/mol. The fraction of sp³-hybridized carbons (Fsp3) is 0.125. The zero-order valence-corrected chi connectivity index (χ0v) is 11.2. The quantitative estimate of drug-likeness (QED) is 0.666. The number of para-hydroxylation sites is 1. The maximum Gasteiger partial charge on any atom is 0.164 e. The van der Waals surface area contributed by atoms with Crippen LogP contribution in [-0.4, -0.2) is 10.8 Å². The van der Waals surface area contributed by atoms with Crippen LogP contribution in [0.2, 0.25) is 0 Å². The van der Waals surface area contributed by atoms with Crippen molar-refractivity contribution in [3.8, 4) is 0 Å². The zero-order chi connectivity index (χ0) is 13.1. The van der Waals surface area contributed by atoms with E-state index in [1.807, 2.05) is 41.8 Å². The molecule has 0 aliphatic heterocycles. The smallest absolute Gasteiger partial charge is 0.164 e. The first kappa shape index (κ1) is 12.1. The molecule has 2 aromatic heterocycles. The molecule has 3 aromatic rings. The van der Waals surface area contributed by atoms with Crippen LogP contribution >= 0.6 is 11.3 Å². The number of hydrogen-bond donors (Lipinski definition) is 0. The fourth-order valence-electron chi connectivity index (χ4n) is 2.06. The van der Waals surface area contributed by atoms with Crippen LogP contribution in [0.25, 0.3) is 10.9 Å². The Morgan fingerprint density at radius 3 is 2.89 bits per heavy atom. The van der Waals surface area contributed by atoms with Crippen molar-refractivity contribution in [2.75, 3.05) is 0 Å². The number of Topliss-reactive ketones (excluding diaryl/α,β-unsaturated/α-hetero) is 1. The highest BCUT2D eigenvalue weighted by Gasteiger charge is 2.08. The van der Waals surface area contributed by atoms with Crippen molar-refractivity contribution in [1.82, 2.24) is 4.98 Å². The summed E-state index contributed by atoms with van der Waals surface area (Å²) in [5.41, 5.74) is 1.63. The summed E-state index contributed by atoms with van der Waals surface area (Å²) in [6, 6.07) is 13.9. The number of rotatable bonds is 4. The molecule has 0 bridgehead atoms. The highest BCUT2D eigenvalue weighted by molar-refractivity contribution is 7.09. The lowest BCUT2D eigenvalue weighted by molar-refractivity contribution is 0.0983. The van der Waals surface area contributed by atoms with Crippen LogP contribution in [0.1, 0.15) is 21.7 Å². The van der Waals surface area contributed by atoms with Gasteiger partial charge in [-0.2, -0.15) is 0 Å².